The number of benzene rings is 3. The van der Waals surface area contributed by atoms with E-state index in [2.05, 4.69) is 5.32 Å². The van der Waals surface area contributed by atoms with E-state index in [0.29, 0.717) is 29.2 Å². The van der Waals surface area contributed by atoms with Crippen LogP contribution in [0.2, 0.25) is 5.02 Å². The van der Waals surface area contributed by atoms with Crippen LogP contribution >= 0.6 is 11.6 Å². The lowest BCUT2D eigenvalue weighted by Gasteiger charge is -2.32. The van der Waals surface area contributed by atoms with Crippen molar-refractivity contribution in [3.63, 3.8) is 0 Å². The molecule has 0 spiro atoms. The highest BCUT2D eigenvalue weighted by Gasteiger charge is 2.25. The van der Waals surface area contributed by atoms with Gasteiger partial charge in [-0.15, -0.1) is 0 Å². The number of amides is 2. The molecular formula is C26H25ClN2O3. The number of nitrogens with one attached hydrogen (secondary N) is 1. The number of carbonyl (C=O) groups is 2. The lowest BCUT2D eigenvalue weighted by molar-refractivity contribution is 0.0698. The van der Waals surface area contributed by atoms with Gasteiger partial charge in [0.1, 0.15) is 5.75 Å². The van der Waals surface area contributed by atoms with Crippen LogP contribution in [0.4, 0.5) is 0 Å². The van der Waals surface area contributed by atoms with Crippen LogP contribution in [-0.4, -0.2) is 43.0 Å². The van der Waals surface area contributed by atoms with Crippen molar-refractivity contribution >= 4 is 23.4 Å². The Morgan fingerprint density at radius 3 is 2.34 bits per heavy atom. The largest absolute Gasteiger partial charge is 0.496 e. The Bertz CT molecular complexity index is 1110. The van der Waals surface area contributed by atoms with Gasteiger partial charge in [-0.2, -0.15) is 0 Å². The zero-order valence-corrected chi connectivity index (χ0v) is 18.6. The van der Waals surface area contributed by atoms with E-state index in [1.165, 1.54) is 0 Å². The van der Waals surface area contributed by atoms with Crippen molar-refractivity contribution in [1.29, 1.82) is 0 Å². The van der Waals surface area contributed by atoms with Crippen molar-refractivity contribution in [1.82, 2.24) is 10.2 Å². The first-order valence-corrected chi connectivity index (χ1v) is 11.0. The van der Waals surface area contributed by atoms with Crippen LogP contribution in [-0.2, 0) is 0 Å². The van der Waals surface area contributed by atoms with Crippen LogP contribution in [0.1, 0.15) is 33.6 Å². The zero-order valence-electron chi connectivity index (χ0n) is 17.9. The van der Waals surface area contributed by atoms with E-state index >= 15 is 0 Å². The molecule has 0 unspecified atom stereocenters. The summed E-state index contributed by atoms with van der Waals surface area (Å²) in [4.78, 5) is 27.2. The summed E-state index contributed by atoms with van der Waals surface area (Å²) in [5.41, 5.74) is 3.20. The first-order valence-electron chi connectivity index (χ1n) is 10.6. The van der Waals surface area contributed by atoms with Crippen molar-refractivity contribution in [2.45, 2.75) is 18.9 Å². The molecule has 0 aromatic heterocycles. The lowest BCUT2D eigenvalue weighted by Crippen LogP contribution is -2.46. The number of halogens is 1. The summed E-state index contributed by atoms with van der Waals surface area (Å²) in [5, 5.41) is 3.59. The minimum Gasteiger partial charge on any atom is -0.496 e. The molecule has 0 aliphatic carbocycles. The van der Waals surface area contributed by atoms with Crippen molar-refractivity contribution in [2.24, 2.45) is 0 Å². The summed E-state index contributed by atoms with van der Waals surface area (Å²) in [7, 11) is 1.65. The minimum absolute atomic E-state index is 0.0104. The fourth-order valence-electron chi connectivity index (χ4n) is 3.98. The molecule has 164 valence electrons. The summed E-state index contributed by atoms with van der Waals surface area (Å²) in [5.74, 6) is 0.675. The van der Waals surface area contributed by atoms with Crippen molar-refractivity contribution in [3.8, 4) is 16.9 Å². The van der Waals surface area contributed by atoms with Crippen LogP contribution in [0, 0.1) is 0 Å². The molecule has 6 heteroatoms. The molecule has 0 atom stereocenters. The third kappa shape index (κ3) is 4.94. The summed E-state index contributed by atoms with van der Waals surface area (Å²) in [6.45, 7) is 1.21. The minimum atomic E-state index is -0.135. The molecule has 32 heavy (non-hydrogen) atoms. The highest BCUT2D eigenvalue weighted by molar-refractivity contribution is 6.30. The standard InChI is InChI=1S/C26H25ClN2O3/c1-32-24-8-3-2-7-23(24)18-9-11-19(12-10-18)26(31)29-15-13-22(14-16-29)28-25(30)20-5-4-6-21(27)17-20/h2-12,17,22H,13-16H2,1H3,(H,28,30). The maximum atomic E-state index is 13.0. The van der Waals surface area contributed by atoms with Gasteiger partial charge in [0.15, 0.2) is 0 Å². The van der Waals surface area contributed by atoms with Crippen LogP contribution in [0.5, 0.6) is 5.75 Å². The van der Waals surface area contributed by atoms with Crippen LogP contribution < -0.4 is 10.1 Å². The average Bonchev–Trinajstić information content (AvgIpc) is 2.84. The maximum Gasteiger partial charge on any atom is 0.253 e. The second kappa shape index (κ2) is 9.88. The van der Waals surface area contributed by atoms with Gasteiger partial charge in [-0.05, 0) is 54.8 Å². The summed E-state index contributed by atoms with van der Waals surface area (Å²) in [6.07, 6.45) is 1.44. The highest BCUT2D eigenvalue weighted by atomic mass is 35.5. The average molecular weight is 449 g/mol. The van der Waals surface area contributed by atoms with Crippen molar-refractivity contribution in [3.05, 3.63) is 88.9 Å². The number of rotatable bonds is 5. The number of methoxy groups -OCH3 is 1. The summed E-state index contributed by atoms with van der Waals surface area (Å²) >= 11 is 5.97. The molecule has 0 saturated carbocycles. The number of para-hydroxylation sites is 1. The van der Waals surface area contributed by atoms with Gasteiger partial charge in [-0.25, -0.2) is 0 Å². The predicted molar refractivity (Wildman–Crippen MR) is 126 cm³/mol. The van der Waals surface area contributed by atoms with Crippen LogP contribution in [0.25, 0.3) is 11.1 Å². The molecule has 4 rings (SSSR count). The molecule has 5 nitrogen and oxygen atoms in total. The summed E-state index contributed by atoms with van der Waals surface area (Å²) in [6, 6.07) is 22.4. The van der Waals surface area contributed by atoms with Crippen LogP contribution in [0.15, 0.2) is 72.8 Å². The van der Waals surface area contributed by atoms with Crippen molar-refractivity contribution in [2.75, 3.05) is 20.2 Å². The normalized spacial score (nSPS) is 14.1. The van der Waals surface area contributed by atoms with E-state index in [1.54, 1.807) is 31.4 Å². The Balaban J connectivity index is 1.35. The third-order valence-electron chi connectivity index (χ3n) is 5.75. The van der Waals surface area contributed by atoms with Gasteiger partial charge in [0.2, 0.25) is 0 Å². The first kappa shape index (κ1) is 21.9. The zero-order chi connectivity index (χ0) is 22.5. The third-order valence-corrected chi connectivity index (χ3v) is 5.99. The molecule has 3 aromatic rings. The van der Waals surface area contributed by atoms with E-state index in [-0.39, 0.29) is 17.9 Å². The Morgan fingerprint density at radius 1 is 0.938 bits per heavy atom. The number of likely N-dealkylation sites (tertiary alicyclic amines) is 1. The Morgan fingerprint density at radius 2 is 1.66 bits per heavy atom. The molecule has 0 radical (unpaired) electrons. The number of carbonyl (C=O) groups excluding carboxylic acids is 2. The van der Waals surface area contributed by atoms with E-state index in [0.717, 1.165) is 29.7 Å². The van der Waals surface area contributed by atoms with Gasteiger partial charge in [0, 0.05) is 40.8 Å². The SMILES string of the molecule is COc1ccccc1-c1ccc(C(=O)N2CCC(NC(=O)c3cccc(Cl)c3)CC2)cc1. The van der Waals surface area contributed by atoms with Gasteiger partial charge in [0.05, 0.1) is 7.11 Å². The molecule has 1 aliphatic rings. The molecule has 1 saturated heterocycles. The quantitative estimate of drug-likeness (QED) is 0.594. The van der Waals surface area contributed by atoms with Gasteiger partial charge in [-0.1, -0.05) is 48.0 Å². The Hall–Kier alpha value is -3.31. The maximum absolute atomic E-state index is 13.0. The molecule has 1 N–H and O–H groups in total. The second-order valence-corrected chi connectivity index (χ2v) is 8.26. The number of nitrogens with zero attached hydrogens (tertiary/aromatic N) is 1. The number of hydrogen-bond donors (Lipinski definition) is 1. The highest BCUT2D eigenvalue weighted by Crippen LogP contribution is 2.29. The number of ether oxygens (including phenoxy) is 1. The van der Waals surface area contributed by atoms with E-state index < -0.39 is 0 Å². The van der Waals surface area contributed by atoms with Gasteiger partial charge in [0.25, 0.3) is 11.8 Å². The molecule has 1 aliphatic heterocycles. The molecule has 2 amide bonds. The van der Waals surface area contributed by atoms with Crippen LogP contribution in [0.3, 0.4) is 0 Å². The number of hydrogen-bond acceptors (Lipinski definition) is 3. The van der Waals surface area contributed by atoms with Gasteiger partial charge < -0.3 is 15.0 Å². The second-order valence-electron chi connectivity index (χ2n) is 7.83. The molecule has 0 bridgehead atoms. The van der Waals surface area contributed by atoms with E-state index in [9.17, 15) is 9.59 Å². The van der Waals surface area contributed by atoms with E-state index in [4.69, 9.17) is 16.3 Å². The summed E-state index contributed by atoms with van der Waals surface area (Å²) < 4.78 is 5.43. The Kier molecular flexibility index (Phi) is 6.76. The predicted octanol–water partition coefficient (Wildman–Crippen LogP) is 5.05. The number of piperidine rings is 1. The Labute approximate surface area is 193 Å². The fraction of sp³-hybridized carbons (Fsp3) is 0.231. The van der Waals surface area contributed by atoms with E-state index in [1.807, 2.05) is 53.4 Å². The topological polar surface area (TPSA) is 58.6 Å². The monoisotopic (exact) mass is 448 g/mol. The molecule has 1 fully saturated rings. The van der Waals surface area contributed by atoms with Gasteiger partial charge >= 0.3 is 0 Å². The first-order chi connectivity index (χ1) is 15.5. The van der Waals surface area contributed by atoms with Gasteiger partial charge in [-0.3, -0.25) is 9.59 Å². The molecule has 1 heterocycles. The fourth-order valence-corrected chi connectivity index (χ4v) is 4.17. The van der Waals surface area contributed by atoms with Crippen molar-refractivity contribution < 1.29 is 14.3 Å². The lowest BCUT2D eigenvalue weighted by atomic mass is 10.0. The molecule has 3 aromatic carbocycles. The smallest absolute Gasteiger partial charge is 0.253 e. The molecular weight excluding hydrogens is 424 g/mol.